The molecule has 1 aromatic carbocycles. The molecule has 3 rings (SSSR count). The molecule has 0 unspecified atom stereocenters. The summed E-state index contributed by atoms with van der Waals surface area (Å²) in [5.74, 6) is 0. The number of rotatable bonds is 2. The van der Waals surface area contributed by atoms with E-state index in [0.717, 1.165) is 15.6 Å². The van der Waals surface area contributed by atoms with Gasteiger partial charge in [0.25, 0.3) is 0 Å². The molecule has 1 aromatic heterocycles. The SMILES string of the molecule is O=C1N[C@H](c2cncc(Br)c2)[C@@H](c2cccc(Cl)c2)O1. The van der Waals surface area contributed by atoms with Gasteiger partial charge in [-0.3, -0.25) is 4.98 Å². The third-order valence-electron chi connectivity index (χ3n) is 3.07. The van der Waals surface area contributed by atoms with Crippen LogP contribution in [0, 0.1) is 0 Å². The smallest absolute Gasteiger partial charge is 0.408 e. The van der Waals surface area contributed by atoms with Crippen LogP contribution in [-0.2, 0) is 4.74 Å². The van der Waals surface area contributed by atoms with E-state index in [1.165, 1.54) is 0 Å². The summed E-state index contributed by atoms with van der Waals surface area (Å²) < 4.78 is 6.21. The maximum absolute atomic E-state index is 11.6. The minimum atomic E-state index is -0.444. The average Bonchev–Trinajstić information content (AvgIpc) is 2.81. The summed E-state index contributed by atoms with van der Waals surface area (Å²) in [5.41, 5.74) is 1.72. The highest BCUT2D eigenvalue weighted by atomic mass is 79.9. The first-order valence-electron chi connectivity index (χ1n) is 5.96. The Morgan fingerprint density at radius 2 is 2.10 bits per heavy atom. The Balaban J connectivity index is 1.99. The van der Waals surface area contributed by atoms with Crippen molar-refractivity contribution in [2.45, 2.75) is 12.1 Å². The van der Waals surface area contributed by atoms with Crippen LogP contribution in [0.5, 0.6) is 0 Å². The number of hydrogen-bond donors (Lipinski definition) is 1. The maximum Gasteiger partial charge on any atom is 0.408 e. The molecule has 1 saturated heterocycles. The number of halogens is 2. The number of pyridine rings is 1. The average molecular weight is 354 g/mol. The predicted molar refractivity (Wildman–Crippen MR) is 78.5 cm³/mol. The fourth-order valence-corrected chi connectivity index (χ4v) is 2.80. The molecule has 0 spiro atoms. The van der Waals surface area contributed by atoms with Crippen LogP contribution in [-0.4, -0.2) is 11.1 Å². The van der Waals surface area contributed by atoms with Gasteiger partial charge in [-0.15, -0.1) is 0 Å². The van der Waals surface area contributed by atoms with Crippen molar-refractivity contribution in [2.75, 3.05) is 0 Å². The number of cyclic esters (lactones) is 1. The first-order chi connectivity index (χ1) is 9.63. The molecule has 0 saturated carbocycles. The number of nitrogens with zero attached hydrogens (tertiary/aromatic N) is 1. The second-order valence-electron chi connectivity index (χ2n) is 4.44. The Morgan fingerprint density at radius 1 is 1.25 bits per heavy atom. The van der Waals surface area contributed by atoms with Crippen molar-refractivity contribution in [3.05, 3.63) is 63.3 Å². The number of alkyl carbamates (subject to hydrolysis) is 1. The normalized spacial score (nSPS) is 21.4. The number of benzene rings is 1. The molecule has 0 radical (unpaired) electrons. The van der Waals surface area contributed by atoms with Gasteiger partial charge in [-0.05, 0) is 45.3 Å². The quantitative estimate of drug-likeness (QED) is 0.887. The van der Waals surface area contributed by atoms with E-state index in [2.05, 4.69) is 26.2 Å². The summed E-state index contributed by atoms with van der Waals surface area (Å²) in [5, 5.41) is 3.41. The van der Waals surface area contributed by atoms with Gasteiger partial charge in [-0.25, -0.2) is 4.79 Å². The van der Waals surface area contributed by atoms with Crippen molar-refractivity contribution >= 4 is 33.6 Å². The Labute approximate surface area is 129 Å². The lowest BCUT2D eigenvalue weighted by atomic mass is 9.98. The molecule has 20 heavy (non-hydrogen) atoms. The number of carbonyl (C=O) groups is 1. The first kappa shape index (κ1) is 13.4. The number of amides is 1. The zero-order valence-corrected chi connectivity index (χ0v) is 12.6. The van der Waals surface area contributed by atoms with Crippen molar-refractivity contribution in [1.82, 2.24) is 10.3 Å². The van der Waals surface area contributed by atoms with Crippen LogP contribution in [0.2, 0.25) is 5.02 Å². The van der Waals surface area contributed by atoms with Crippen LogP contribution >= 0.6 is 27.5 Å². The first-order valence-corrected chi connectivity index (χ1v) is 7.13. The maximum atomic E-state index is 11.6. The summed E-state index contributed by atoms with van der Waals surface area (Å²) in [7, 11) is 0. The van der Waals surface area contributed by atoms with Gasteiger partial charge in [0.05, 0.1) is 0 Å². The molecule has 0 bridgehead atoms. The largest absolute Gasteiger partial charge is 0.439 e. The molecular formula is C14H10BrClN2O2. The van der Waals surface area contributed by atoms with Crippen molar-refractivity contribution in [2.24, 2.45) is 0 Å². The fourth-order valence-electron chi connectivity index (χ4n) is 2.22. The zero-order chi connectivity index (χ0) is 14.1. The molecule has 6 heteroatoms. The molecule has 2 aromatic rings. The van der Waals surface area contributed by atoms with E-state index in [4.69, 9.17) is 16.3 Å². The minimum Gasteiger partial charge on any atom is -0.439 e. The Kier molecular flexibility index (Phi) is 3.63. The van der Waals surface area contributed by atoms with Gasteiger partial charge >= 0.3 is 6.09 Å². The van der Waals surface area contributed by atoms with Gasteiger partial charge in [-0.2, -0.15) is 0 Å². The molecule has 1 N–H and O–H groups in total. The van der Waals surface area contributed by atoms with Gasteiger partial charge < -0.3 is 10.1 Å². The number of ether oxygens (including phenoxy) is 1. The summed E-state index contributed by atoms with van der Waals surface area (Å²) >= 11 is 9.37. The molecule has 4 nitrogen and oxygen atoms in total. The Hall–Kier alpha value is -1.59. The van der Waals surface area contributed by atoms with Crippen LogP contribution in [0.1, 0.15) is 23.3 Å². The topological polar surface area (TPSA) is 51.2 Å². The van der Waals surface area contributed by atoms with Crippen LogP contribution < -0.4 is 5.32 Å². The third kappa shape index (κ3) is 2.64. The lowest BCUT2D eigenvalue weighted by molar-refractivity contribution is 0.132. The summed E-state index contributed by atoms with van der Waals surface area (Å²) in [6.07, 6.45) is 2.54. The van der Waals surface area contributed by atoms with Crippen molar-refractivity contribution in [3.8, 4) is 0 Å². The highest BCUT2D eigenvalue weighted by Gasteiger charge is 2.36. The summed E-state index contributed by atoms with van der Waals surface area (Å²) in [4.78, 5) is 15.7. The van der Waals surface area contributed by atoms with E-state index in [9.17, 15) is 4.79 Å². The van der Waals surface area contributed by atoms with E-state index in [-0.39, 0.29) is 6.04 Å². The van der Waals surface area contributed by atoms with Crippen LogP contribution in [0.3, 0.4) is 0 Å². The van der Waals surface area contributed by atoms with Crippen molar-refractivity contribution in [3.63, 3.8) is 0 Å². The Morgan fingerprint density at radius 3 is 2.85 bits per heavy atom. The highest BCUT2D eigenvalue weighted by Crippen LogP contribution is 2.37. The number of nitrogens with one attached hydrogen (secondary N) is 1. The standard InChI is InChI=1S/C14H10BrClN2O2/c15-10-4-9(6-17-7-10)12-13(20-14(19)18-12)8-2-1-3-11(16)5-8/h1-7,12-13H,(H,18,19)/t12-,13-/m1/s1. The second-order valence-corrected chi connectivity index (χ2v) is 5.79. The van der Waals surface area contributed by atoms with Gasteiger partial charge in [-0.1, -0.05) is 23.7 Å². The van der Waals surface area contributed by atoms with E-state index >= 15 is 0 Å². The second kappa shape index (κ2) is 5.42. The minimum absolute atomic E-state index is 0.286. The lowest BCUT2D eigenvalue weighted by Gasteiger charge is -2.17. The predicted octanol–water partition coefficient (Wildman–Crippen LogP) is 4.02. The third-order valence-corrected chi connectivity index (χ3v) is 3.74. The zero-order valence-electron chi connectivity index (χ0n) is 10.2. The molecule has 2 atom stereocenters. The monoisotopic (exact) mass is 352 g/mol. The number of hydrogen-bond acceptors (Lipinski definition) is 3. The molecule has 1 aliphatic rings. The molecule has 0 aliphatic carbocycles. The lowest BCUT2D eigenvalue weighted by Crippen LogP contribution is -2.19. The molecule has 1 amide bonds. The molecule has 1 fully saturated rings. The summed E-state index contributed by atoms with van der Waals surface area (Å²) in [6.45, 7) is 0. The van der Waals surface area contributed by atoms with Crippen molar-refractivity contribution in [1.29, 1.82) is 0 Å². The van der Waals surface area contributed by atoms with Gasteiger partial charge in [0.1, 0.15) is 6.04 Å². The van der Waals surface area contributed by atoms with Gasteiger partial charge in [0.15, 0.2) is 6.10 Å². The van der Waals surface area contributed by atoms with Gasteiger partial charge in [0, 0.05) is 21.9 Å². The highest BCUT2D eigenvalue weighted by molar-refractivity contribution is 9.10. The molecule has 2 heterocycles. The van der Waals surface area contributed by atoms with E-state index in [0.29, 0.717) is 5.02 Å². The molecular weight excluding hydrogens is 344 g/mol. The van der Waals surface area contributed by atoms with Crippen LogP contribution in [0.25, 0.3) is 0 Å². The Bertz CT molecular complexity index is 610. The van der Waals surface area contributed by atoms with E-state index < -0.39 is 12.2 Å². The van der Waals surface area contributed by atoms with Gasteiger partial charge in [0.2, 0.25) is 0 Å². The van der Waals surface area contributed by atoms with E-state index in [1.54, 1.807) is 24.5 Å². The number of carbonyl (C=O) groups excluding carboxylic acids is 1. The molecule has 102 valence electrons. The van der Waals surface area contributed by atoms with Crippen LogP contribution in [0.4, 0.5) is 4.79 Å². The molecule has 1 aliphatic heterocycles. The fraction of sp³-hybridized carbons (Fsp3) is 0.143. The summed E-state index contributed by atoms with van der Waals surface area (Å²) in [6, 6.07) is 8.92. The number of aromatic nitrogens is 1. The van der Waals surface area contributed by atoms with Crippen LogP contribution in [0.15, 0.2) is 47.2 Å². The van der Waals surface area contributed by atoms with E-state index in [1.807, 2.05) is 18.2 Å². The van der Waals surface area contributed by atoms with Crippen molar-refractivity contribution < 1.29 is 9.53 Å².